The van der Waals surface area contributed by atoms with E-state index in [1.807, 2.05) is 13.8 Å². The van der Waals surface area contributed by atoms with Gasteiger partial charge in [0.2, 0.25) is 0 Å². The Bertz CT molecular complexity index is 360. The lowest BCUT2D eigenvalue weighted by molar-refractivity contribution is -0.141. The molecule has 2 atom stereocenters. The summed E-state index contributed by atoms with van der Waals surface area (Å²) in [4.78, 5) is 27.3. The number of carboxylic acid groups (broad SMARTS) is 1. The average molecular weight is 286 g/mol. The molecule has 6 heteroatoms. The minimum absolute atomic E-state index is 0.0690. The lowest BCUT2D eigenvalue weighted by atomic mass is 10.2. The third kappa shape index (κ3) is 2.99. The van der Waals surface area contributed by atoms with Crippen LogP contribution in [-0.2, 0) is 4.79 Å². The highest BCUT2D eigenvalue weighted by molar-refractivity contribution is 8.00. The largest absolute Gasteiger partial charge is 0.480 e. The summed E-state index contributed by atoms with van der Waals surface area (Å²) in [6, 6.07) is -0.757. The van der Waals surface area contributed by atoms with Gasteiger partial charge in [0, 0.05) is 18.8 Å². The Kier molecular flexibility index (Phi) is 4.60. The van der Waals surface area contributed by atoms with E-state index in [4.69, 9.17) is 0 Å². The van der Waals surface area contributed by atoms with Gasteiger partial charge in [-0.05, 0) is 32.1 Å². The van der Waals surface area contributed by atoms with Crippen molar-refractivity contribution in [3.05, 3.63) is 0 Å². The second kappa shape index (κ2) is 6.03. The van der Waals surface area contributed by atoms with Gasteiger partial charge in [0.25, 0.3) is 0 Å². The third-order valence-electron chi connectivity index (χ3n) is 3.71. The van der Waals surface area contributed by atoms with Crippen molar-refractivity contribution in [2.45, 2.75) is 44.5 Å². The Morgan fingerprint density at radius 3 is 2.53 bits per heavy atom. The fourth-order valence-electron chi connectivity index (χ4n) is 2.53. The molecule has 1 aliphatic carbocycles. The quantitative estimate of drug-likeness (QED) is 0.840. The van der Waals surface area contributed by atoms with E-state index in [1.54, 1.807) is 21.6 Å². The van der Waals surface area contributed by atoms with E-state index in [0.29, 0.717) is 24.8 Å². The van der Waals surface area contributed by atoms with Crippen LogP contribution < -0.4 is 0 Å². The molecule has 1 heterocycles. The topological polar surface area (TPSA) is 60.9 Å². The van der Waals surface area contributed by atoms with Crippen molar-refractivity contribution in [2.75, 3.05) is 18.8 Å². The summed E-state index contributed by atoms with van der Waals surface area (Å²) < 4.78 is 0. The highest BCUT2D eigenvalue weighted by Gasteiger charge is 2.48. The molecule has 0 bridgehead atoms. The number of carbonyl (C=O) groups is 2. The van der Waals surface area contributed by atoms with Crippen LogP contribution in [0, 0.1) is 5.92 Å². The third-order valence-corrected chi connectivity index (χ3v) is 5.17. The van der Waals surface area contributed by atoms with Crippen LogP contribution in [0.4, 0.5) is 4.79 Å². The summed E-state index contributed by atoms with van der Waals surface area (Å²) in [5, 5.41) is 9.38. The van der Waals surface area contributed by atoms with Gasteiger partial charge in [0.1, 0.15) is 6.04 Å². The normalized spacial score (nSPS) is 26.5. The molecule has 0 aromatic carbocycles. The van der Waals surface area contributed by atoms with Crippen LogP contribution in [0.2, 0.25) is 0 Å². The Balaban J connectivity index is 2.14. The summed E-state index contributed by atoms with van der Waals surface area (Å²) in [5.41, 5.74) is 0. The maximum absolute atomic E-state index is 12.6. The molecule has 2 fully saturated rings. The zero-order chi connectivity index (χ0) is 14.0. The summed E-state index contributed by atoms with van der Waals surface area (Å²) >= 11 is 1.63. The molecule has 0 radical (unpaired) electrons. The first-order valence-electron chi connectivity index (χ1n) is 7.01. The minimum Gasteiger partial charge on any atom is -0.480 e. The fraction of sp³-hybridized carbons (Fsp3) is 0.846. The van der Waals surface area contributed by atoms with E-state index in [9.17, 15) is 14.7 Å². The lowest BCUT2D eigenvalue weighted by Gasteiger charge is -2.33. The number of carbonyl (C=O) groups excluding carboxylic acids is 1. The van der Waals surface area contributed by atoms with Crippen molar-refractivity contribution in [1.82, 2.24) is 9.80 Å². The highest BCUT2D eigenvalue weighted by Crippen LogP contribution is 2.45. The fourth-order valence-corrected chi connectivity index (χ4v) is 4.15. The Morgan fingerprint density at radius 2 is 2.05 bits per heavy atom. The molecule has 108 valence electrons. The molecule has 1 saturated carbocycles. The molecule has 0 aromatic rings. The smallest absolute Gasteiger partial charge is 0.327 e. The van der Waals surface area contributed by atoms with E-state index in [0.717, 1.165) is 19.3 Å². The van der Waals surface area contributed by atoms with Crippen molar-refractivity contribution in [2.24, 2.45) is 5.92 Å². The second-order valence-corrected chi connectivity index (χ2v) is 6.33. The van der Waals surface area contributed by atoms with Gasteiger partial charge in [-0.2, -0.15) is 0 Å². The highest BCUT2D eigenvalue weighted by atomic mass is 32.2. The van der Waals surface area contributed by atoms with Crippen LogP contribution in [0.5, 0.6) is 0 Å². The Hall–Kier alpha value is -0.910. The average Bonchev–Trinajstić information content (AvgIpc) is 3.13. The van der Waals surface area contributed by atoms with Crippen LogP contribution in [0.25, 0.3) is 0 Å². The molecule has 19 heavy (non-hydrogen) atoms. The van der Waals surface area contributed by atoms with Crippen LogP contribution in [0.1, 0.15) is 33.1 Å². The number of hydrogen-bond acceptors (Lipinski definition) is 3. The predicted octanol–water partition coefficient (Wildman–Crippen LogP) is 2.08. The van der Waals surface area contributed by atoms with Crippen molar-refractivity contribution >= 4 is 23.8 Å². The molecule has 1 N–H and O–H groups in total. The molecule has 1 saturated heterocycles. The molecule has 5 nitrogen and oxygen atoms in total. The van der Waals surface area contributed by atoms with Crippen LogP contribution in [0.3, 0.4) is 0 Å². The molecule has 2 unspecified atom stereocenters. The summed E-state index contributed by atoms with van der Waals surface area (Å²) in [5.74, 6) is 0.140. The molecule has 0 spiro atoms. The van der Waals surface area contributed by atoms with Crippen molar-refractivity contribution < 1.29 is 14.7 Å². The van der Waals surface area contributed by atoms with E-state index in [-0.39, 0.29) is 11.4 Å². The zero-order valence-electron chi connectivity index (χ0n) is 11.5. The number of amides is 2. The number of nitrogens with zero attached hydrogens (tertiary/aromatic N) is 2. The summed E-state index contributed by atoms with van der Waals surface area (Å²) in [6.07, 6.45) is 3.13. The monoisotopic (exact) mass is 286 g/mol. The molecule has 0 aromatic heterocycles. The molecular weight excluding hydrogens is 264 g/mol. The number of carboxylic acids is 1. The number of thioether (sulfide) groups is 1. The van der Waals surface area contributed by atoms with Crippen molar-refractivity contribution in [3.8, 4) is 0 Å². The van der Waals surface area contributed by atoms with Crippen molar-refractivity contribution in [3.63, 3.8) is 0 Å². The zero-order valence-corrected chi connectivity index (χ0v) is 12.4. The molecular formula is C13H22N2O3S. The van der Waals surface area contributed by atoms with Gasteiger partial charge in [-0.15, -0.1) is 11.8 Å². The summed E-state index contributed by atoms with van der Waals surface area (Å²) in [6.45, 7) is 5.30. The van der Waals surface area contributed by atoms with E-state index < -0.39 is 12.0 Å². The van der Waals surface area contributed by atoms with E-state index >= 15 is 0 Å². The number of urea groups is 1. The standard InChI is InChI=1S/C13H22N2O3S/c1-3-7-14(4-2)13(18)15-10(12(16)17)8-19-11(15)9-5-6-9/h9-11H,3-8H2,1-2H3,(H,16,17). The Morgan fingerprint density at radius 1 is 1.37 bits per heavy atom. The van der Waals surface area contributed by atoms with Gasteiger partial charge in [-0.1, -0.05) is 6.92 Å². The lowest BCUT2D eigenvalue weighted by Crippen LogP contribution is -2.52. The molecule has 1 aliphatic heterocycles. The Labute approximate surface area is 118 Å². The predicted molar refractivity (Wildman–Crippen MR) is 75.2 cm³/mol. The number of rotatable bonds is 5. The second-order valence-electron chi connectivity index (χ2n) is 5.18. The minimum atomic E-state index is -0.878. The number of hydrogen-bond donors (Lipinski definition) is 1. The first kappa shape index (κ1) is 14.5. The van der Waals surface area contributed by atoms with Crippen LogP contribution >= 0.6 is 11.8 Å². The van der Waals surface area contributed by atoms with Gasteiger partial charge in [0.05, 0.1) is 5.37 Å². The maximum atomic E-state index is 12.6. The molecule has 2 rings (SSSR count). The van der Waals surface area contributed by atoms with Gasteiger partial charge >= 0.3 is 12.0 Å². The number of aliphatic carboxylic acids is 1. The molecule has 2 amide bonds. The first-order chi connectivity index (χ1) is 9.10. The maximum Gasteiger partial charge on any atom is 0.327 e. The SMILES string of the molecule is CCCN(CC)C(=O)N1C(C(=O)O)CSC1C1CC1. The van der Waals surface area contributed by atoms with Gasteiger partial charge < -0.3 is 10.0 Å². The van der Waals surface area contributed by atoms with E-state index in [1.165, 1.54) is 0 Å². The van der Waals surface area contributed by atoms with Crippen LogP contribution in [0.15, 0.2) is 0 Å². The van der Waals surface area contributed by atoms with Gasteiger partial charge in [0.15, 0.2) is 0 Å². The van der Waals surface area contributed by atoms with E-state index in [2.05, 4.69) is 0 Å². The van der Waals surface area contributed by atoms with Crippen molar-refractivity contribution in [1.29, 1.82) is 0 Å². The summed E-state index contributed by atoms with van der Waals surface area (Å²) in [7, 11) is 0. The molecule has 2 aliphatic rings. The van der Waals surface area contributed by atoms with Crippen LogP contribution in [-0.4, -0.2) is 57.2 Å². The van der Waals surface area contributed by atoms with Gasteiger partial charge in [-0.25, -0.2) is 9.59 Å². The first-order valence-corrected chi connectivity index (χ1v) is 8.06. The van der Waals surface area contributed by atoms with Gasteiger partial charge in [-0.3, -0.25) is 4.90 Å².